The molecule has 0 aliphatic rings. The molecule has 1 aromatic carbocycles. The van der Waals surface area contributed by atoms with Crippen molar-refractivity contribution in [2.75, 3.05) is 7.11 Å². The van der Waals surface area contributed by atoms with Crippen molar-refractivity contribution in [1.82, 2.24) is 9.97 Å². The minimum atomic E-state index is -0.254. The maximum Gasteiger partial charge on any atom is 0.258 e. The second-order valence-corrected chi connectivity index (χ2v) is 2.96. The summed E-state index contributed by atoms with van der Waals surface area (Å²) < 4.78 is 4.99. The summed E-state index contributed by atoms with van der Waals surface area (Å²) >= 11 is 0. The monoisotopic (exact) mass is 204 g/mol. The van der Waals surface area contributed by atoms with Gasteiger partial charge in [-0.2, -0.15) is 0 Å². The molecule has 15 heavy (non-hydrogen) atoms. The maximum absolute atomic E-state index is 11.4. The summed E-state index contributed by atoms with van der Waals surface area (Å²) in [5.74, 6) is 0.371. The van der Waals surface area contributed by atoms with Crippen LogP contribution in [0.15, 0.2) is 23.3 Å². The van der Waals surface area contributed by atoms with E-state index in [1.165, 1.54) is 25.6 Å². The first kappa shape index (κ1) is 9.39. The molecule has 0 amide bonds. The van der Waals surface area contributed by atoms with Crippen LogP contribution in [0.4, 0.5) is 0 Å². The van der Waals surface area contributed by atoms with E-state index in [-0.39, 0.29) is 5.56 Å². The molecule has 0 spiro atoms. The van der Waals surface area contributed by atoms with Crippen molar-refractivity contribution >= 4 is 17.2 Å². The molecular weight excluding hydrogens is 196 g/mol. The van der Waals surface area contributed by atoms with Crippen LogP contribution in [-0.4, -0.2) is 23.4 Å². The van der Waals surface area contributed by atoms with E-state index in [1.807, 2.05) is 0 Å². The van der Waals surface area contributed by atoms with Gasteiger partial charge in [-0.15, -0.1) is 0 Å². The lowest BCUT2D eigenvalue weighted by atomic mass is 10.1. The number of ether oxygens (including phenoxy) is 1. The van der Waals surface area contributed by atoms with Crippen LogP contribution in [0, 0.1) is 0 Å². The summed E-state index contributed by atoms with van der Waals surface area (Å²) in [6, 6.07) is 3.03. The molecule has 76 valence electrons. The van der Waals surface area contributed by atoms with E-state index in [2.05, 4.69) is 9.97 Å². The molecule has 0 fully saturated rings. The van der Waals surface area contributed by atoms with Crippen molar-refractivity contribution in [1.29, 1.82) is 0 Å². The van der Waals surface area contributed by atoms with Gasteiger partial charge in [0.05, 0.1) is 29.9 Å². The average Bonchev–Trinajstić information content (AvgIpc) is 2.28. The van der Waals surface area contributed by atoms with Gasteiger partial charge in [0, 0.05) is 0 Å². The Labute approximate surface area is 84.7 Å². The van der Waals surface area contributed by atoms with E-state index in [4.69, 9.17) is 4.74 Å². The number of carbonyl (C=O) groups excluding carboxylic acids is 1. The molecule has 0 unspecified atom stereocenters. The van der Waals surface area contributed by atoms with Crippen molar-refractivity contribution < 1.29 is 9.53 Å². The second-order valence-electron chi connectivity index (χ2n) is 2.96. The largest absolute Gasteiger partial charge is 0.496 e. The highest BCUT2D eigenvalue weighted by Crippen LogP contribution is 2.20. The van der Waals surface area contributed by atoms with Crippen LogP contribution >= 0.6 is 0 Å². The maximum atomic E-state index is 11.4. The molecule has 1 N–H and O–H groups in total. The molecule has 5 heteroatoms. The molecule has 5 nitrogen and oxygen atoms in total. The Kier molecular flexibility index (Phi) is 2.21. The molecular formula is C10H8N2O3. The third kappa shape index (κ3) is 1.48. The molecule has 2 aromatic rings. The van der Waals surface area contributed by atoms with Crippen LogP contribution in [0.3, 0.4) is 0 Å². The Morgan fingerprint density at radius 1 is 1.47 bits per heavy atom. The van der Waals surface area contributed by atoms with Gasteiger partial charge in [0.1, 0.15) is 5.75 Å². The topological polar surface area (TPSA) is 72.1 Å². The van der Waals surface area contributed by atoms with Crippen LogP contribution in [0.1, 0.15) is 10.4 Å². The third-order valence-electron chi connectivity index (χ3n) is 2.12. The van der Waals surface area contributed by atoms with Gasteiger partial charge in [-0.3, -0.25) is 9.59 Å². The highest BCUT2D eigenvalue weighted by molar-refractivity contribution is 5.89. The number of nitrogens with one attached hydrogen (secondary N) is 1. The van der Waals surface area contributed by atoms with Gasteiger partial charge in [0.15, 0.2) is 6.29 Å². The smallest absolute Gasteiger partial charge is 0.258 e. The summed E-state index contributed by atoms with van der Waals surface area (Å²) in [6.07, 6.45) is 1.97. The van der Waals surface area contributed by atoms with Crippen molar-refractivity contribution in [3.63, 3.8) is 0 Å². The van der Waals surface area contributed by atoms with E-state index in [0.717, 1.165) is 0 Å². The third-order valence-corrected chi connectivity index (χ3v) is 2.12. The van der Waals surface area contributed by atoms with Crippen LogP contribution in [0.2, 0.25) is 0 Å². The summed E-state index contributed by atoms with van der Waals surface area (Å²) in [6.45, 7) is 0. The molecule has 0 radical (unpaired) electrons. The number of fused-ring (bicyclic) bond motifs is 1. The lowest BCUT2D eigenvalue weighted by Crippen LogP contribution is -2.07. The Morgan fingerprint density at radius 2 is 2.27 bits per heavy atom. The highest BCUT2D eigenvalue weighted by Gasteiger charge is 2.07. The zero-order chi connectivity index (χ0) is 10.8. The van der Waals surface area contributed by atoms with Crippen molar-refractivity contribution in [2.45, 2.75) is 0 Å². The molecule has 0 saturated heterocycles. The van der Waals surface area contributed by atoms with Gasteiger partial charge in [0.25, 0.3) is 5.56 Å². The number of aldehydes is 1. The number of rotatable bonds is 2. The van der Waals surface area contributed by atoms with Crippen LogP contribution < -0.4 is 10.3 Å². The van der Waals surface area contributed by atoms with Crippen molar-refractivity contribution in [3.8, 4) is 5.75 Å². The SMILES string of the molecule is COc1cc2c(=O)[nH]cnc2cc1C=O. The molecule has 0 aliphatic heterocycles. The number of hydrogen-bond acceptors (Lipinski definition) is 4. The fourth-order valence-electron chi connectivity index (χ4n) is 1.38. The molecule has 0 atom stereocenters. The highest BCUT2D eigenvalue weighted by atomic mass is 16.5. The van der Waals surface area contributed by atoms with E-state index in [1.54, 1.807) is 0 Å². The van der Waals surface area contributed by atoms with E-state index >= 15 is 0 Å². The zero-order valence-electron chi connectivity index (χ0n) is 7.98. The zero-order valence-corrected chi connectivity index (χ0v) is 7.98. The van der Waals surface area contributed by atoms with Gasteiger partial charge in [-0.1, -0.05) is 0 Å². The van der Waals surface area contributed by atoms with Crippen molar-refractivity contribution in [2.24, 2.45) is 0 Å². The lowest BCUT2D eigenvalue weighted by molar-refractivity contribution is 0.112. The standard InChI is InChI=1S/C10H8N2O3/c1-15-9-3-7-8(2-6(9)4-13)11-5-12-10(7)14/h2-5H,1H3,(H,11,12,14). The number of aromatic nitrogens is 2. The summed E-state index contributed by atoms with van der Waals surface area (Å²) in [7, 11) is 1.44. The number of H-pyrrole nitrogens is 1. The Hall–Kier alpha value is -2.17. The second kappa shape index (κ2) is 3.53. The summed E-state index contributed by atoms with van der Waals surface area (Å²) in [5.41, 5.74) is 0.598. The quantitative estimate of drug-likeness (QED) is 0.732. The molecule has 1 aromatic heterocycles. The van der Waals surface area contributed by atoms with Crippen LogP contribution in [0.25, 0.3) is 10.9 Å². The lowest BCUT2D eigenvalue weighted by Gasteiger charge is -2.04. The molecule has 0 aliphatic carbocycles. The van der Waals surface area contributed by atoms with Crippen LogP contribution in [-0.2, 0) is 0 Å². The number of hydrogen-bond donors (Lipinski definition) is 1. The number of aromatic amines is 1. The van der Waals surface area contributed by atoms with Gasteiger partial charge in [-0.25, -0.2) is 4.98 Å². The van der Waals surface area contributed by atoms with E-state index in [0.29, 0.717) is 28.5 Å². The first-order valence-corrected chi connectivity index (χ1v) is 4.27. The molecule has 0 saturated carbocycles. The number of carbonyl (C=O) groups is 1. The Morgan fingerprint density at radius 3 is 2.93 bits per heavy atom. The summed E-state index contributed by atoms with van der Waals surface area (Å²) in [4.78, 5) is 28.5. The van der Waals surface area contributed by atoms with Crippen LogP contribution in [0.5, 0.6) is 5.75 Å². The van der Waals surface area contributed by atoms with E-state index < -0.39 is 0 Å². The Balaban J connectivity index is 2.87. The molecule has 2 rings (SSSR count). The van der Waals surface area contributed by atoms with E-state index in [9.17, 15) is 9.59 Å². The normalized spacial score (nSPS) is 10.2. The first-order chi connectivity index (χ1) is 7.26. The van der Waals surface area contributed by atoms with Gasteiger partial charge in [-0.05, 0) is 12.1 Å². The number of nitrogens with zero attached hydrogens (tertiary/aromatic N) is 1. The fourth-order valence-corrected chi connectivity index (χ4v) is 1.38. The van der Waals surface area contributed by atoms with Gasteiger partial charge < -0.3 is 9.72 Å². The summed E-state index contributed by atoms with van der Waals surface area (Å²) in [5, 5.41) is 0.403. The first-order valence-electron chi connectivity index (χ1n) is 4.27. The predicted octanol–water partition coefficient (Wildman–Crippen LogP) is 0.744. The molecule has 1 heterocycles. The predicted molar refractivity (Wildman–Crippen MR) is 54.3 cm³/mol. The molecule has 0 bridgehead atoms. The number of methoxy groups -OCH3 is 1. The van der Waals surface area contributed by atoms with Crippen molar-refractivity contribution in [3.05, 3.63) is 34.4 Å². The minimum Gasteiger partial charge on any atom is -0.496 e. The minimum absolute atomic E-state index is 0.254. The van der Waals surface area contributed by atoms with Gasteiger partial charge >= 0.3 is 0 Å². The fraction of sp³-hybridized carbons (Fsp3) is 0.100. The average molecular weight is 204 g/mol. The Bertz CT molecular complexity index is 574. The van der Waals surface area contributed by atoms with Gasteiger partial charge in [0.2, 0.25) is 0 Å². The number of benzene rings is 1.